The van der Waals surface area contributed by atoms with Crippen molar-refractivity contribution >= 4 is 29.0 Å². The number of ether oxygens (including phenoxy) is 1. The summed E-state index contributed by atoms with van der Waals surface area (Å²) in [6, 6.07) is 13.8. The SMILES string of the molecule is CC1(c2cc(NC(=O)c3ccc(C#N)cn3)ccc2F)N=C(N)c2cc(Cl)ccc2O1. The fraction of sp³-hybridized carbons (Fsp3) is 0.0909. The Morgan fingerprint density at radius 2 is 2.06 bits per heavy atom. The summed E-state index contributed by atoms with van der Waals surface area (Å²) in [6.45, 7) is 1.57. The van der Waals surface area contributed by atoms with E-state index in [1.54, 1.807) is 25.1 Å². The number of hydrogen-bond donors (Lipinski definition) is 2. The van der Waals surface area contributed by atoms with Crippen LogP contribution in [-0.4, -0.2) is 16.7 Å². The van der Waals surface area contributed by atoms with Crippen molar-refractivity contribution in [3.05, 3.63) is 88.0 Å². The molecule has 0 saturated heterocycles. The fourth-order valence-electron chi connectivity index (χ4n) is 3.18. The van der Waals surface area contributed by atoms with Gasteiger partial charge in [0.2, 0.25) is 5.72 Å². The van der Waals surface area contributed by atoms with Gasteiger partial charge in [-0.1, -0.05) is 11.6 Å². The molecule has 154 valence electrons. The van der Waals surface area contributed by atoms with E-state index in [4.69, 9.17) is 27.3 Å². The van der Waals surface area contributed by atoms with Crippen molar-refractivity contribution in [2.24, 2.45) is 10.7 Å². The zero-order valence-corrected chi connectivity index (χ0v) is 16.9. The van der Waals surface area contributed by atoms with Gasteiger partial charge >= 0.3 is 0 Å². The molecule has 4 rings (SSSR count). The zero-order chi connectivity index (χ0) is 22.2. The molecule has 3 aromatic rings. The molecule has 0 fully saturated rings. The van der Waals surface area contributed by atoms with Gasteiger partial charge in [-0.25, -0.2) is 14.4 Å². The van der Waals surface area contributed by atoms with Crippen LogP contribution in [-0.2, 0) is 5.72 Å². The molecule has 0 saturated carbocycles. The van der Waals surface area contributed by atoms with Crippen LogP contribution in [0.3, 0.4) is 0 Å². The highest BCUT2D eigenvalue weighted by Gasteiger charge is 2.36. The number of anilines is 1. The van der Waals surface area contributed by atoms with E-state index in [9.17, 15) is 9.18 Å². The Morgan fingerprint density at radius 1 is 1.26 bits per heavy atom. The third-order valence-electron chi connectivity index (χ3n) is 4.71. The highest BCUT2D eigenvalue weighted by atomic mass is 35.5. The number of aliphatic imine (C=N–C) groups is 1. The highest BCUT2D eigenvalue weighted by molar-refractivity contribution is 6.31. The second-order valence-corrected chi connectivity index (χ2v) is 7.35. The molecule has 1 unspecified atom stereocenters. The maximum absolute atomic E-state index is 14.7. The fourth-order valence-corrected chi connectivity index (χ4v) is 3.35. The molecule has 0 spiro atoms. The summed E-state index contributed by atoms with van der Waals surface area (Å²) in [5.74, 6) is -0.525. The first-order chi connectivity index (χ1) is 14.8. The number of pyridine rings is 1. The summed E-state index contributed by atoms with van der Waals surface area (Å²) in [6.07, 6.45) is 1.29. The van der Waals surface area contributed by atoms with Crippen molar-refractivity contribution in [2.45, 2.75) is 12.6 Å². The number of nitriles is 1. The minimum absolute atomic E-state index is 0.0848. The lowest BCUT2D eigenvalue weighted by Crippen LogP contribution is -2.36. The van der Waals surface area contributed by atoms with Crippen LogP contribution in [0.2, 0.25) is 5.02 Å². The van der Waals surface area contributed by atoms with Gasteiger partial charge in [0.25, 0.3) is 5.91 Å². The second-order valence-electron chi connectivity index (χ2n) is 6.92. The number of aromatic nitrogens is 1. The molecule has 0 aliphatic carbocycles. The number of nitrogens with zero attached hydrogens (tertiary/aromatic N) is 3. The number of halogens is 2. The van der Waals surface area contributed by atoms with E-state index in [0.29, 0.717) is 27.6 Å². The molecule has 0 bridgehead atoms. The average Bonchev–Trinajstić information content (AvgIpc) is 2.75. The summed E-state index contributed by atoms with van der Waals surface area (Å²) in [5.41, 5.74) is 5.98. The third kappa shape index (κ3) is 3.91. The lowest BCUT2D eigenvalue weighted by Gasteiger charge is -2.33. The number of amidine groups is 1. The van der Waals surface area contributed by atoms with Crippen LogP contribution in [0.25, 0.3) is 0 Å². The third-order valence-corrected chi connectivity index (χ3v) is 4.94. The lowest BCUT2D eigenvalue weighted by atomic mass is 10.0. The van der Waals surface area contributed by atoms with Gasteiger partial charge in [-0.3, -0.25) is 4.79 Å². The number of hydrogen-bond acceptors (Lipinski definition) is 6. The highest BCUT2D eigenvalue weighted by Crippen LogP contribution is 2.38. The number of nitrogens with two attached hydrogens (primary N) is 1. The van der Waals surface area contributed by atoms with Crippen molar-refractivity contribution in [3.63, 3.8) is 0 Å². The maximum Gasteiger partial charge on any atom is 0.274 e. The minimum Gasteiger partial charge on any atom is -0.461 e. The van der Waals surface area contributed by atoms with E-state index in [0.717, 1.165) is 0 Å². The van der Waals surface area contributed by atoms with Gasteiger partial charge in [0.1, 0.15) is 29.2 Å². The first-order valence-electron chi connectivity index (χ1n) is 9.11. The summed E-state index contributed by atoms with van der Waals surface area (Å²) in [4.78, 5) is 20.8. The van der Waals surface area contributed by atoms with Gasteiger partial charge < -0.3 is 15.8 Å². The Balaban J connectivity index is 1.65. The topological polar surface area (TPSA) is 113 Å². The first-order valence-corrected chi connectivity index (χ1v) is 9.49. The Labute approximate surface area is 182 Å². The number of rotatable bonds is 3. The lowest BCUT2D eigenvalue weighted by molar-refractivity contribution is 0.0884. The second kappa shape index (κ2) is 7.70. The number of carbonyl (C=O) groups excluding carboxylic acids is 1. The van der Waals surface area contributed by atoms with E-state index in [1.807, 2.05) is 6.07 Å². The standard InChI is InChI=1S/C22H15ClFN5O2/c1-22(29-20(26)15-8-13(23)3-7-19(15)31-22)16-9-14(4-5-17(16)24)28-21(30)18-6-2-12(10-25)11-27-18/h2-9,11H,1H3,(H2,26,29)(H,28,30). The van der Waals surface area contributed by atoms with Crippen LogP contribution in [0.15, 0.2) is 59.7 Å². The Kier molecular flexibility index (Phi) is 5.05. The van der Waals surface area contributed by atoms with Crippen molar-refractivity contribution in [3.8, 4) is 11.8 Å². The number of benzene rings is 2. The van der Waals surface area contributed by atoms with Gasteiger partial charge in [0, 0.05) is 23.8 Å². The first kappa shape index (κ1) is 20.3. The Morgan fingerprint density at radius 3 is 2.77 bits per heavy atom. The minimum atomic E-state index is -1.46. The van der Waals surface area contributed by atoms with Gasteiger partial charge in [0.15, 0.2) is 0 Å². The van der Waals surface area contributed by atoms with E-state index < -0.39 is 17.4 Å². The largest absolute Gasteiger partial charge is 0.461 e. The molecular weight excluding hydrogens is 421 g/mol. The smallest absolute Gasteiger partial charge is 0.274 e. The van der Waals surface area contributed by atoms with E-state index in [-0.39, 0.29) is 17.1 Å². The average molecular weight is 436 g/mol. The van der Waals surface area contributed by atoms with Gasteiger partial charge in [-0.2, -0.15) is 5.26 Å². The molecule has 3 N–H and O–H groups in total. The summed E-state index contributed by atoms with van der Waals surface area (Å²) < 4.78 is 20.7. The van der Waals surface area contributed by atoms with E-state index >= 15 is 0 Å². The molecule has 2 heterocycles. The molecule has 31 heavy (non-hydrogen) atoms. The quantitative estimate of drug-likeness (QED) is 0.646. The van der Waals surface area contributed by atoms with Crippen molar-refractivity contribution in [1.29, 1.82) is 5.26 Å². The van der Waals surface area contributed by atoms with Crippen LogP contribution in [0.4, 0.5) is 10.1 Å². The molecule has 1 aromatic heterocycles. The van der Waals surface area contributed by atoms with Crippen molar-refractivity contribution in [1.82, 2.24) is 4.98 Å². The molecule has 1 atom stereocenters. The molecule has 9 heteroatoms. The van der Waals surface area contributed by atoms with Crippen molar-refractivity contribution in [2.75, 3.05) is 5.32 Å². The predicted octanol–water partition coefficient (Wildman–Crippen LogP) is 3.97. The van der Waals surface area contributed by atoms with Crippen LogP contribution in [0, 0.1) is 17.1 Å². The molecular formula is C22H15ClFN5O2. The van der Waals surface area contributed by atoms with Gasteiger partial charge in [-0.15, -0.1) is 0 Å². The Bertz CT molecular complexity index is 1270. The van der Waals surface area contributed by atoms with Crippen LogP contribution < -0.4 is 15.8 Å². The van der Waals surface area contributed by atoms with Gasteiger partial charge in [0.05, 0.1) is 16.7 Å². The maximum atomic E-state index is 14.7. The molecule has 7 nitrogen and oxygen atoms in total. The normalized spacial score (nSPS) is 17.0. The number of carbonyl (C=O) groups is 1. The monoisotopic (exact) mass is 435 g/mol. The van der Waals surface area contributed by atoms with Crippen molar-refractivity contribution < 1.29 is 13.9 Å². The van der Waals surface area contributed by atoms with Gasteiger partial charge in [-0.05, 0) is 48.5 Å². The summed E-state index contributed by atoms with van der Waals surface area (Å²) in [5, 5.41) is 12.0. The molecule has 2 aromatic carbocycles. The Hall–Kier alpha value is -3.96. The van der Waals surface area contributed by atoms with Crippen LogP contribution in [0.1, 0.15) is 34.1 Å². The number of fused-ring (bicyclic) bond motifs is 1. The molecule has 1 amide bonds. The summed E-state index contributed by atoms with van der Waals surface area (Å²) in [7, 11) is 0. The van der Waals surface area contributed by atoms with E-state index in [2.05, 4.69) is 15.3 Å². The van der Waals surface area contributed by atoms with E-state index in [1.165, 1.54) is 36.5 Å². The van der Waals surface area contributed by atoms with Crippen LogP contribution in [0.5, 0.6) is 5.75 Å². The van der Waals surface area contributed by atoms with Crippen LogP contribution >= 0.6 is 11.6 Å². The predicted molar refractivity (Wildman–Crippen MR) is 113 cm³/mol. The molecule has 1 aliphatic heterocycles. The molecule has 0 radical (unpaired) electrons. The summed E-state index contributed by atoms with van der Waals surface area (Å²) >= 11 is 6.00. The number of amides is 1. The molecule has 1 aliphatic rings. The zero-order valence-electron chi connectivity index (χ0n) is 16.2. The number of nitrogens with one attached hydrogen (secondary N) is 1.